The van der Waals surface area contributed by atoms with Gasteiger partial charge in [0.1, 0.15) is 18.2 Å². The first-order valence-electron chi connectivity index (χ1n) is 12.0. The standard InChI is InChI=1S/C25H29ClN4O6S2/c1-35-13-22-19(23(31)17-3-2-4-18(26)8-17)9-21(37-22)24(32)20-11-28-14-30-25(20)29-10-15-5-6-16(7-15)12-36-38(27,33)34/h2-4,8-9,11,14-16,23,31H,5-7,10,12-13H2,1H3,(H2,27,33,34)(H,28,29,30)/t15-,16+,23?/m0/s1. The molecule has 2 aromatic heterocycles. The molecule has 1 aliphatic carbocycles. The summed E-state index contributed by atoms with van der Waals surface area (Å²) in [7, 11) is -2.40. The molecule has 1 unspecified atom stereocenters. The van der Waals surface area contributed by atoms with Gasteiger partial charge in [0.05, 0.1) is 23.7 Å². The molecule has 0 amide bonds. The van der Waals surface area contributed by atoms with Crippen LogP contribution in [0.25, 0.3) is 0 Å². The normalized spacial score (nSPS) is 18.4. The Morgan fingerprint density at radius 3 is 2.84 bits per heavy atom. The van der Waals surface area contributed by atoms with Crippen LogP contribution < -0.4 is 10.5 Å². The summed E-state index contributed by atoms with van der Waals surface area (Å²) in [5.41, 5.74) is 1.50. The van der Waals surface area contributed by atoms with Gasteiger partial charge in [0, 0.05) is 35.3 Å². The molecule has 13 heteroatoms. The highest BCUT2D eigenvalue weighted by Gasteiger charge is 2.27. The van der Waals surface area contributed by atoms with Crippen LogP contribution in [0.1, 0.15) is 56.6 Å². The fourth-order valence-electron chi connectivity index (χ4n) is 4.60. The number of nitrogens with two attached hydrogens (primary N) is 1. The third-order valence-corrected chi connectivity index (χ3v) is 8.26. The zero-order chi connectivity index (χ0) is 27.3. The predicted octanol–water partition coefficient (Wildman–Crippen LogP) is 3.70. The van der Waals surface area contributed by atoms with Crippen molar-refractivity contribution >= 4 is 44.8 Å². The number of ether oxygens (including phenoxy) is 1. The van der Waals surface area contributed by atoms with Crippen molar-refractivity contribution in [3.05, 3.63) is 74.3 Å². The molecule has 0 spiro atoms. The summed E-state index contributed by atoms with van der Waals surface area (Å²) < 4.78 is 32.2. The van der Waals surface area contributed by atoms with Crippen LogP contribution in [-0.4, -0.2) is 49.5 Å². The van der Waals surface area contributed by atoms with E-state index in [4.69, 9.17) is 25.7 Å². The second-order valence-corrected chi connectivity index (χ2v) is 12.0. The zero-order valence-corrected chi connectivity index (χ0v) is 23.1. The molecule has 2 heterocycles. The maximum Gasteiger partial charge on any atom is 0.333 e. The van der Waals surface area contributed by atoms with Crippen molar-refractivity contribution in [1.29, 1.82) is 0 Å². The van der Waals surface area contributed by atoms with Gasteiger partial charge in [0.25, 0.3) is 0 Å². The molecule has 10 nitrogen and oxygen atoms in total. The van der Waals surface area contributed by atoms with Gasteiger partial charge in [-0.05, 0) is 54.9 Å². The lowest BCUT2D eigenvalue weighted by Crippen LogP contribution is -2.20. The molecule has 1 aliphatic rings. The lowest BCUT2D eigenvalue weighted by molar-refractivity contribution is 0.104. The van der Waals surface area contributed by atoms with Crippen LogP contribution in [0.2, 0.25) is 5.02 Å². The second-order valence-electron chi connectivity index (χ2n) is 9.20. The molecule has 204 valence electrons. The maximum absolute atomic E-state index is 13.5. The Hall–Kier alpha value is -2.45. The number of benzene rings is 1. The first-order chi connectivity index (χ1) is 18.1. The quantitative estimate of drug-likeness (QED) is 0.272. The summed E-state index contributed by atoms with van der Waals surface area (Å²) in [5.74, 6) is 0.497. The number of carbonyl (C=O) groups is 1. The van der Waals surface area contributed by atoms with Crippen LogP contribution in [0.3, 0.4) is 0 Å². The van der Waals surface area contributed by atoms with E-state index in [2.05, 4.69) is 15.3 Å². The van der Waals surface area contributed by atoms with E-state index in [1.165, 1.54) is 23.9 Å². The van der Waals surface area contributed by atoms with Crippen LogP contribution in [0, 0.1) is 11.8 Å². The first kappa shape index (κ1) is 28.6. The number of aliphatic hydroxyl groups is 1. The molecule has 1 saturated carbocycles. The van der Waals surface area contributed by atoms with Crippen LogP contribution >= 0.6 is 22.9 Å². The van der Waals surface area contributed by atoms with Crippen LogP contribution in [-0.2, 0) is 25.8 Å². The number of nitrogens with one attached hydrogen (secondary N) is 1. The van der Waals surface area contributed by atoms with Gasteiger partial charge in [-0.3, -0.25) is 8.98 Å². The summed E-state index contributed by atoms with van der Waals surface area (Å²) in [5, 5.41) is 19.7. The van der Waals surface area contributed by atoms with Crippen LogP contribution in [0.15, 0.2) is 42.9 Å². The number of hydrogen-bond donors (Lipinski definition) is 3. The molecule has 38 heavy (non-hydrogen) atoms. The molecule has 3 atom stereocenters. The average Bonchev–Trinajstić information content (AvgIpc) is 3.53. The zero-order valence-electron chi connectivity index (χ0n) is 20.7. The van der Waals surface area contributed by atoms with Crippen molar-refractivity contribution in [2.75, 3.05) is 25.6 Å². The molecule has 4 rings (SSSR count). The monoisotopic (exact) mass is 580 g/mol. The fraction of sp³-hybridized carbons (Fsp3) is 0.400. The number of aromatic nitrogens is 2. The fourth-order valence-corrected chi connectivity index (χ4v) is 6.30. The van der Waals surface area contributed by atoms with Gasteiger partial charge in [-0.1, -0.05) is 23.7 Å². The molecular formula is C25H29ClN4O6S2. The van der Waals surface area contributed by atoms with Gasteiger partial charge >= 0.3 is 10.3 Å². The number of ketones is 1. The average molecular weight is 581 g/mol. The second kappa shape index (κ2) is 12.6. The van der Waals surface area contributed by atoms with Crippen LogP contribution in [0.5, 0.6) is 0 Å². The Kier molecular flexibility index (Phi) is 9.47. The van der Waals surface area contributed by atoms with E-state index in [1.807, 2.05) is 0 Å². The van der Waals surface area contributed by atoms with Crippen molar-refractivity contribution in [2.45, 2.75) is 32.0 Å². The highest BCUT2D eigenvalue weighted by Crippen LogP contribution is 2.35. The van der Waals surface area contributed by atoms with E-state index < -0.39 is 16.4 Å². The van der Waals surface area contributed by atoms with Gasteiger partial charge in [0.2, 0.25) is 5.78 Å². The van der Waals surface area contributed by atoms with Crippen LogP contribution in [0.4, 0.5) is 5.82 Å². The number of thiophene rings is 1. The molecule has 0 radical (unpaired) electrons. The number of hydrogen-bond acceptors (Lipinski definition) is 10. The number of methoxy groups -OCH3 is 1. The summed E-state index contributed by atoms with van der Waals surface area (Å²) in [6.45, 7) is 0.860. The van der Waals surface area contributed by atoms with Gasteiger partial charge in [-0.2, -0.15) is 8.42 Å². The molecule has 4 N–H and O–H groups in total. The van der Waals surface area contributed by atoms with Crippen molar-refractivity contribution < 1.29 is 27.2 Å². The molecule has 1 fully saturated rings. The van der Waals surface area contributed by atoms with E-state index in [0.29, 0.717) is 39.0 Å². The van der Waals surface area contributed by atoms with Crippen molar-refractivity contribution in [3.8, 4) is 0 Å². The Labute approximate surface area is 230 Å². The highest BCUT2D eigenvalue weighted by atomic mass is 35.5. The van der Waals surface area contributed by atoms with Crippen molar-refractivity contribution in [3.63, 3.8) is 0 Å². The number of carbonyl (C=O) groups excluding carboxylic acids is 1. The SMILES string of the molecule is COCc1sc(C(=O)c2cncnc2NC[C@H]2CC[C@@H](COS(N)(=O)=O)C2)cc1C(O)c1cccc(Cl)c1. The van der Waals surface area contributed by atoms with E-state index in [9.17, 15) is 18.3 Å². The largest absolute Gasteiger partial charge is 0.384 e. The van der Waals surface area contributed by atoms with Gasteiger partial charge < -0.3 is 15.2 Å². The molecule has 3 aromatic rings. The van der Waals surface area contributed by atoms with Crippen molar-refractivity contribution in [1.82, 2.24) is 9.97 Å². The Morgan fingerprint density at radius 2 is 2.11 bits per heavy atom. The lowest BCUT2D eigenvalue weighted by atomic mass is 10.0. The summed E-state index contributed by atoms with van der Waals surface area (Å²) >= 11 is 7.36. The highest BCUT2D eigenvalue weighted by molar-refractivity contribution is 7.84. The van der Waals surface area contributed by atoms with Gasteiger partial charge in [-0.25, -0.2) is 15.1 Å². The maximum atomic E-state index is 13.5. The smallest absolute Gasteiger partial charge is 0.333 e. The molecular weight excluding hydrogens is 552 g/mol. The molecule has 0 bridgehead atoms. The van der Waals surface area contributed by atoms with Crippen molar-refractivity contribution in [2.24, 2.45) is 17.0 Å². The number of aliphatic hydroxyl groups excluding tert-OH is 1. The number of anilines is 1. The van der Waals surface area contributed by atoms with E-state index >= 15 is 0 Å². The minimum absolute atomic E-state index is 0.0676. The molecule has 0 aliphatic heterocycles. The third kappa shape index (κ3) is 7.35. The minimum atomic E-state index is -3.95. The van der Waals surface area contributed by atoms with E-state index in [0.717, 1.165) is 24.1 Å². The van der Waals surface area contributed by atoms with Gasteiger partial charge in [-0.15, -0.1) is 11.3 Å². The lowest BCUT2D eigenvalue weighted by Gasteiger charge is -2.14. The summed E-state index contributed by atoms with van der Waals surface area (Å²) in [6.07, 6.45) is 4.35. The van der Waals surface area contributed by atoms with Gasteiger partial charge in [0.15, 0.2) is 0 Å². The number of halogens is 1. The molecule has 1 aromatic carbocycles. The predicted molar refractivity (Wildman–Crippen MR) is 144 cm³/mol. The van der Waals surface area contributed by atoms with E-state index in [1.54, 1.807) is 37.4 Å². The summed E-state index contributed by atoms with van der Waals surface area (Å²) in [6, 6.07) is 8.62. The first-order valence-corrected chi connectivity index (χ1v) is 14.6. The number of nitrogens with zero attached hydrogens (tertiary/aromatic N) is 2. The Bertz CT molecular complexity index is 1380. The Morgan fingerprint density at radius 1 is 1.32 bits per heavy atom. The summed E-state index contributed by atoms with van der Waals surface area (Å²) in [4.78, 5) is 23.0. The van der Waals surface area contributed by atoms with E-state index in [-0.39, 0.29) is 30.8 Å². The number of rotatable bonds is 12. The third-order valence-electron chi connectivity index (χ3n) is 6.43. The minimum Gasteiger partial charge on any atom is -0.384 e. The molecule has 0 saturated heterocycles. The Balaban J connectivity index is 1.48. The topological polar surface area (TPSA) is 154 Å².